The van der Waals surface area contributed by atoms with Crippen LogP contribution in [-0.2, 0) is 13.0 Å². The number of hydrogen-bond donors (Lipinski definition) is 2. The highest BCUT2D eigenvalue weighted by Crippen LogP contribution is 2.20. The molecule has 3 N–H and O–H groups in total. The lowest BCUT2D eigenvalue weighted by molar-refractivity contribution is 0.318. The summed E-state index contributed by atoms with van der Waals surface area (Å²) >= 11 is 0. The van der Waals surface area contributed by atoms with Crippen molar-refractivity contribution in [2.24, 2.45) is 5.73 Å². The topological polar surface area (TPSA) is 81.0 Å². The molecule has 0 aliphatic rings. The number of nitrogens with two attached hydrogens (primary N) is 1. The highest BCUT2D eigenvalue weighted by Gasteiger charge is 2.03. The summed E-state index contributed by atoms with van der Waals surface area (Å²) < 4.78 is 5.72. The van der Waals surface area contributed by atoms with Crippen molar-refractivity contribution >= 4 is 0 Å². The number of rotatable bonds is 6. The van der Waals surface area contributed by atoms with E-state index in [0.29, 0.717) is 30.5 Å². The number of nitrogens with zero attached hydrogens (tertiary/aromatic N) is 1. The second-order valence-electron chi connectivity index (χ2n) is 5.21. The molecule has 5 heteroatoms. The zero-order valence-electron chi connectivity index (χ0n) is 12.4. The van der Waals surface area contributed by atoms with Crippen LogP contribution in [0.5, 0.6) is 5.75 Å². The second-order valence-corrected chi connectivity index (χ2v) is 5.21. The minimum Gasteiger partial charge on any atom is -0.493 e. The van der Waals surface area contributed by atoms with Gasteiger partial charge >= 0.3 is 0 Å². The Hall–Kier alpha value is -2.14. The average Bonchev–Trinajstić information content (AvgIpc) is 2.47. The Morgan fingerprint density at radius 1 is 1.33 bits per heavy atom. The minimum absolute atomic E-state index is 0.178. The zero-order chi connectivity index (χ0) is 15.2. The number of aromatic amines is 1. The van der Waals surface area contributed by atoms with Crippen molar-refractivity contribution in [2.75, 3.05) is 6.61 Å². The number of hydrogen-bond acceptors (Lipinski definition) is 4. The van der Waals surface area contributed by atoms with Crippen molar-refractivity contribution in [3.8, 4) is 5.75 Å². The molecule has 0 radical (unpaired) electrons. The molecule has 0 amide bonds. The molecule has 0 saturated heterocycles. The van der Waals surface area contributed by atoms with E-state index in [1.54, 1.807) is 0 Å². The molecule has 0 atom stereocenters. The molecule has 112 valence electrons. The lowest BCUT2D eigenvalue weighted by Gasteiger charge is -2.10. The highest BCUT2D eigenvalue weighted by atomic mass is 16.5. The zero-order valence-corrected chi connectivity index (χ0v) is 12.4. The third-order valence-corrected chi connectivity index (χ3v) is 3.19. The van der Waals surface area contributed by atoms with Crippen LogP contribution in [-0.4, -0.2) is 16.6 Å². The molecule has 0 aliphatic heterocycles. The van der Waals surface area contributed by atoms with Crippen molar-refractivity contribution in [2.45, 2.75) is 32.7 Å². The van der Waals surface area contributed by atoms with Crippen LogP contribution in [0.2, 0.25) is 0 Å². The van der Waals surface area contributed by atoms with E-state index in [9.17, 15) is 4.79 Å². The van der Waals surface area contributed by atoms with Gasteiger partial charge in [-0.2, -0.15) is 0 Å². The van der Waals surface area contributed by atoms with E-state index >= 15 is 0 Å². The Kier molecular flexibility index (Phi) is 5.11. The van der Waals surface area contributed by atoms with Gasteiger partial charge in [-0.25, -0.2) is 4.98 Å². The van der Waals surface area contributed by atoms with Gasteiger partial charge in [0, 0.05) is 19.0 Å². The molecule has 0 saturated carbocycles. The SMILES string of the molecule is CC(C)c1cccc(OCCc2nc(CN)cc(=O)[nH]2)c1. The molecule has 0 spiro atoms. The van der Waals surface area contributed by atoms with Crippen LogP contribution in [0.25, 0.3) is 0 Å². The molecule has 2 rings (SSSR count). The fraction of sp³-hybridized carbons (Fsp3) is 0.375. The van der Waals surface area contributed by atoms with E-state index in [4.69, 9.17) is 10.5 Å². The standard InChI is InChI=1S/C16H21N3O2/c1-11(2)12-4-3-5-14(8-12)21-7-6-15-18-13(10-17)9-16(20)19-15/h3-5,8-9,11H,6-7,10,17H2,1-2H3,(H,18,19,20). The summed E-state index contributed by atoms with van der Waals surface area (Å²) in [5.41, 5.74) is 7.16. The van der Waals surface area contributed by atoms with Crippen molar-refractivity contribution in [1.82, 2.24) is 9.97 Å². The van der Waals surface area contributed by atoms with Crippen LogP contribution in [0, 0.1) is 0 Å². The lowest BCUT2D eigenvalue weighted by atomic mass is 10.0. The van der Waals surface area contributed by atoms with Gasteiger partial charge in [0.25, 0.3) is 5.56 Å². The maximum Gasteiger partial charge on any atom is 0.251 e. The van der Waals surface area contributed by atoms with Gasteiger partial charge in [-0.1, -0.05) is 26.0 Å². The van der Waals surface area contributed by atoms with Crippen LogP contribution < -0.4 is 16.0 Å². The summed E-state index contributed by atoms with van der Waals surface area (Å²) in [7, 11) is 0. The summed E-state index contributed by atoms with van der Waals surface area (Å²) in [6.45, 7) is 5.00. The van der Waals surface area contributed by atoms with Crippen LogP contribution in [0.3, 0.4) is 0 Å². The van der Waals surface area contributed by atoms with Crippen molar-refractivity contribution in [3.63, 3.8) is 0 Å². The lowest BCUT2D eigenvalue weighted by Crippen LogP contribution is -2.16. The molecule has 5 nitrogen and oxygen atoms in total. The van der Waals surface area contributed by atoms with Gasteiger partial charge in [0.1, 0.15) is 11.6 Å². The van der Waals surface area contributed by atoms with Gasteiger partial charge in [-0.05, 0) is 23.6 Å². The van der Waals surface area contributed by atoms with E-state index in [1.165, 1.54) is 11.6 Å². The van der Waals surface area contributed by atoms with Crippen LogP contribution in [0.1, 0.15) is 36.8 Å². The fourth-order valence-corrected chi connectivity index (χ4v) is 2.02. The van der Waals surface area contributed by atoms with Gasteiger partial charge in [0.05, 0.1) is 12.3 Å². The Morgan fingerprint density at radius 2 is 2.14 bits per heavy atom. The van der Waals surface area contributed by atoms with E-state index in [1.807, 2.05) is 18.2 Å². The van der Waals surface area contributed by atoms with Gasteiger partial charge in [-0.3, -0.25) is 4.79 Å². The largest absolute Gasteiger partial charge is 0.493 e. The Morgan fingerprint density at radius 3 is 2.86 bits per heavy atom. The van der Waals surface area contributed by atoms with E-state index < -0.39 is 0 Å². The minimum atomic E-state index is -0.178. The normalized spacial score (nSPS) is 10.9. The first kappa shape index (κ1) is 15.3. The number of benzene rings is 1. The molecule has 0 bridgehead atoms. The molecule has 0 unspecified atom stereocenters. The molecule has 0 aliphatic carbocycles. The molecular weight excluding hydrogens is 266 g/mol. The van der Waals surface area contributed by atoms with Crippen molar-refractivity contribution in [1.29, 1.82) is 0 Å². The Bertz CT molecular complexity index is 650. The fourth-order valence-electron chi connectivity index (χ4n) is 2.02. The summed E-state index contributed by atoms with van der Waals surface area (Å²) in [4.78, 5) is 18.4. The summed E-state index contributed by atoms with van der Waals surface area (Å²) in [5.74, 6) is 1.90. The monoisotopic (exact) mass is 287 g/mol. The number of H-pyrrole nitrogens is 1. The first-order valence-corrected chi connectivity index (χ1v) is 7.10. The number of nitrogens with one attached hydrogen (secondary N) is 1. The first-order valence-electron chi connectivity index (χ1n) is 7.10. The molecule has 1 heterocycles. The number of ether oxygens (including phenoxy) is 1. The first-order chi connectivity index (χ1) is 10.1. The Balaban J connectivity index is 1.97. The third kappa shape index (κ3) is 4.43. The molecule has 2 aromatic rings. The molecule has 1 aromatic carbocycles. The average molecular weight is 287 g/mol. The third-order valence-electron chi connectivity index (χ3n) is 3.19. The van der Waals surface area contributed by atoms with Gasteiger partial charge in [0.15, 0.2) is 0 Å². The van der Waals surface area contributed by atoms with E-state index in [-0.39, 0.29) is 12.1 Å². The summed E-state index contributed by atoms with van der Waals surface area (Å²) in [5, 5.41) is 0. The smallest absolute Gasteiger partial charge is 0.251 e. The molecule has 21 heavy (non-hydrogen) atoms. The van der Waals surface area contributed by atoms with E-state index in [2.05, 4.69) is 29.9 Å². The van der Waals surface area contributed by atoms with E-state index in [0.717, 1.165) is 5.75 Å². The molecular formula is C16H21N3O2. The van der Waals surface area contributed by atoms with Crippen molar-refractivity contribution in [3.05, 3.63) is 57.8 Å². The van der Waals surface area contributed by atoms with Gasteiger partial charge in [-0.15, -0.1) is 0 Å². The summed E-state index contributed by atoms with van der Waals surface area (Å²) in [6, 6.07) is 9.45. The maximum absolute atomic E-state index is 11.4. The molecule has 0 fully saturated rings. The molecule has 1 aromatic heterocycles. The van der Waals surface area contributed by atoms with Gasteiger partial charge < -0.3 is 15.5 Å². The van der Waals surface area contributed by atoms with Crippen LogP contribution in [0.15, 0.2) is 35.1 Å². The van der Waals surface area contributed by atoms with Crippen LogP contribution >= 0.6 is 0 Å². The van der Waals surface area contributed by atoms with Gasteiger partial charge in [0.2, 0.25) is 0 Å². The predicted octanol–water partition coefficient (Wildman–Crippen LogP) is 1.97. The number of aromatic nitrogens is 2. The quantitative estimate of drug-likeness (QED) is 0.851. The Labute approximate surface area is 124 Å². The maximum atomic E-state index is 11.4. The van der Waals surface area contributed by atoms with Crippen LogP contribution in [0.4, 0.5) is 0 Å². The summed E-state index contributed by atoms with van der Waals surface area (Å²) in [6.07, 6.45) is 0.537. The highest BCUT2D eigenvalue weighted by molar-refractivity contribution is 5.30. The predicted molar refractivity (Wildman–Crippen MR) is 82.5 cm³/mol. The van der Waals surface area contributed by atoms with Crippen molar-refractivity contribution < 1.29 is 4.74 Å². The second kappa shape index (κ2) is 7.04.